The molecule has 1 saturated carbocycles. The van der Waals surface area contributed by atoms with Crippen LogP contribution in [0.15, 0.2) is 18.2 Å². The first-order chi connectivity index (χ1) is 8.58. The second kappa shape index (κ2) is 7.44. The van der Waals surface area contributed by atoms with E-state index >= 15 is 0 Å². The zero-order chi connectivity index (χ0) is 13.1. The Bertz CT molecular complexity index is 390. The number of hydrogen-bond donors (Lipinski definition) is 2. The van der Waals surface area contributed by atoms with Crippen LogP contribution in [-0.2, 0) is 0 Å². The van der Waals surface area contributed by atoms with Crippen molar-refractivity contribution in [1.82, 2.24) is 0 Å². The van der Waals surface area contributed by atoms with Crippen LogP contribution in [0.4, 0.5) is 4.39 Å². The summed E-state index contributed by atoms with van der Waals surface area (Å²) >= 11 is 5.81. The summed E-state index contributed by atoms with van der Waals surface area (Å²) in [6.45, 7) is 0. The fraction of sp³-hybridized carbons (Fsp3) is 0.571. The summed E-state index contributed by atoms with van der Waals surface area (Å²) in [7, 11) is 0. The lowest BCUT2D eigenvalue weighted by atomic mass is 9.81. The minimum atomic E-state index is -0.622. The average Bonchev–Trinajstić information content (AvgIpc) is 2.37. The summed E-state index contributed by atoms with van der Waals surface area (Å²) in [6, 6.07) is 3.65. The molecule has 0 amide bonds. The largest absolute Gasteiger partial charge is 0.391 e. The summed E-state index contributed by atoms with van der Waals surface area (Å²) in [5.74, 6) is -0.195. The highest BCUT2D eigenvalue weighted by Crippen LogP contribution is 2.32. The molecule has 1 aromatic rings. The minimum absolute atomic E-state index is 0. The van der Waals surface area contributed by atoms with Gasteiger partial charge in [-0.05, 0) is 42.5 Å². The highest BCUT2D eigenvalue weighted by Gasteiger charge is 2.27. The lowest BCUT2D eigenvalue weighted by molar-refractivity contribution is 0.0617. The van der Waals surface area contributed by atoms with Crippen LogP contribution in [0.3, 0.4) is 0 Å². The van der Waals surface area contributed by atoms with Crippen LogP contribution in [0.1, 0.15) is 43.7 Å². The van der Waals surface area contributed by atoms with Crippen LogP contribution in [0, 0.1) is 11.7 Å². The highest BCUT2D eigenvalue weighted by molar-refractivity contribution is 6.30. The molecular formula is C14H20Cl2FNO. The van der Waals surface area contributed by atoms with Crippen molar-refractivity contribution in [2.45, 2.75) is 44.2 Å². The van der Waals surface area contributed by atoms with E-state index in [0.29, 0.717) is 10.6 Å². The lowest BCUT2D eigenvalue weighted by Gasteiger charge is -2.30. The van der Waals surface area contributed by atoms with Crippen LogP contribution in [-0.4, -0.2) is 11.2 Å². The van der Waals surface area contributed by atoms with Crippen molar-refractivity contribution in [1.29, 1.82) is 0 Å². The van der Waals surface area contributed by atoms with Gasteiger partial charge in [0.25, 0.3) is 0 Å². The molecule has 0 bridgehead atoms. The Labute approximate surface area is 124 Å². The molecule has 0 aliphatic heterocycles. The van der Waals surface area contributed by atoms with Gasteiger partial charge in [0, 0.05) is 5.02 Å². The monoisotopic (exact) mass is 307 g/mol. The molecule has 3 N–H and O–H groups in total. The first-order valence-corrected chi connectivity index (χ1v) is 6.85. The van der Waals surface area contributed by atoms with Crippen molar-refractivity contribution in [3.63, 3.8) is 0 Å². The van der Waals surface area contributed by atoms with E-state index in [-0.39, 0.29) is 18.3 Å². The van der Waals surface area contributed by atoms with E-state index in [4.69, 9.17) is 17.3 Å². The van der Waals surface area contributed by atoms with Gasteiger partial charge in [0.2, 0.25) is 0 Å². The number of hydrogen-bond acceptors (Lipinski definition) is 2. The van der Waals surface area contributed by atoms with Crippen molar-refractivity contribution >= 4 is 24.0 Å². The Morgan fingerprint density at radius 3 is 2.42 bits per heavy atom. The predicted molar refractivity (Wildman–Crippen MR) is 78.2 cm³/mol. The van der Waals surface area contributed by atoms with E-state index < -0.39 is 18.0 Å². The summed E-state index contributed by atoms with van der Waals surface area (Å²) in [6.07, 6.45) is 4.87. The Balaban J connectivity index is 0.00000180. The lowest BCUT2D eigenvalue weighted by Crippen LogP contribution is -2.34. The normalized spacial score (nSPS) is 19.6. The third-order valence-electron chi connectivity index (χ3n) is 3.77. The van der Waals surface area contributed by atoms with E-state index in [2.05, 4.69) is 0 Å². The van der Waals surface area contributed by atoms with Crippen molar-refractivity contribution in [2.75, 3.05) is 0 Å². The smallest absolute Gasteiger partial charge is 0.125 e. The molecule has 108 valence electrons. The van der Waals surface area contributed by atoms with E-state index in [1.807, 2.05) is 0 Å². The molecule has 0 spiro atoms. The number of rotatable bonds is 3. The molecule has 1 aliphatic carbocycles. The summed E-state index contributed by atoms with van der Waals surface area (Å²) in [5.41, 5.74) is 6.60. The molecule has 2 nitrogen and oxygen atoms in total. The molecule has 1 aromatic carbocycles. The Morgan fingerprint density at radius 1 is 1.21 bits per heavy atom. The zero-order valence-electron chi connectivity index (χ0n) is 10.7. The van der Waals surface area contributed by atoms with E-state index in [1.54, 1.807) is 6.07 Å². The second-order valence-corrected chi connectivity index (χ2v) is 5.55. The maximum absolute atomic E-state index is 13.3. The summed E-state index contributed by atoms with van der Waals surface area (Å²) < 4.78 is 13.3. The molecule has 0 saturated heterocycles. The van der Waals surface area contributed by atoms with Gasteiger partial charge in [0.05, 0.1) is 12.1 Å². The maximum Gasteiger partial charge on any atom is 0.125 e. The van der Waals surface area contributed by atoms with Crippen LogP contribution >= 0.6 is 24.0 Å². The Kier molecular flexibility index (Phi) is 6.54. The highest BCUT2D eigenvalue weighted by atomic mass is 35.5. The van der Waals surface area contributed by atoms with Crippen molar-refractivity contribution in [2.24, 2.45) is 11.7 Å². The number of aliphatic hydroxyl groups excluding tert-OH is 1. The van der Waals surface area contributed by atoms with Gasteiger partial charge in [-0.2, -0.15) is 0 Å². The van der Waals surface area contributed by atoms with Gasteiger partial charge >= 0.3 is 0 Å². The van der Waals surface area contributed by atoms with Crippen LogP contribution in [0.25, 0.3) is 0 Å². The Morgan fingerprint density at radius 2 is 1.84 bits per heavy atom. The summed E-state index contributed by atoms with van der Waals surface area (Å²) in [5, 5.41) is 10.6. The minimum Gasteiger partial charge on any atom is -0.391 e. The van der Waals surface area contributed by atoms with Crippen molar-refractivity contribution < 1.29 is 9.50 Å². The fourth-order valence-corrected chi connectivity index (χ4v) is 2.96. The van der Waals surface area contributed by atoms with E-state index in [9.17, 15) is 9.50 Å². The SMILES string of the molecule is Cl.N[C@H](c1cc(F)cc(Cl)c1)[C@@H](O)C1CCCCC1. The van der Waals surface area contributed by atoms with Gasteiger partial charge in [0.1, 0.15) is 5.82 Å². The first-order valence-electron chi connectivity index (χ1n) is 6.47. The Hall–Kier alpha value is -0.350. The predicted octanol–water partition coefficient (Wildman–Crippen LogP) is 3.84. The molecule has 1 aliphatic rings. The molecule has 0 radical (unpaired) electrons. The topological polar surface area (TPSA) is 46.2 Å². The standard InChI is InChI=1S/C14H19ClFNO.ClH/c15-11-6-10(7-12(16)8-11)13(17)14(18)9-4-2-1-3-5-9;/h6-9,13-14,18H,1-5,17H2;1H/t13-,14+;/m1./s1. The van der Waals surface area contributed by atoms with Gasteiger partial charge in [0.15, 0.2) is 0 Å². The number of aliphatic hydroxyl groups is 1. The maximum atomic E-state index is 13.3. The third-order valence-corrected chi connectivity index (χ3v) is 3.99. The quantitative estimate of drug-likeness (QED) is 0.891. The van der Waals surface area contributed by atoms with E-state index in [0.717, 1.165) is 25.7 Å². The van der Waals surface area contributed by atoms with Gasteiger partial charge < -0.3 is 10.8 Å². The van der Waals surface area contributed by atoms with Crippen LogP contribution in [0.2, 0.25) is 5.02 Å². The summed E-state index contributed by atoms with van der Waals surface area (Å²) in [4.78, 5) is 0. The molecule has 19 heavy (non-hydrogen) atoms. The van der Waals surface area contributed by atoms with Gasteiger partial charge in [-0.3, -0.25) is 0 Å². The zero-order valence-corrected chi connectivity index (χ0v) is 12.3. The molecule has 2 rings (SSSR count). The molecular weight excluding hydrogens is 288 g/mol. The van der Waals surface area contributed by atoms with Crippen LogP contribution in [0.5, 0.6) is 0 Å². The third kappa shape index (κ3) is 4.32. The molecule has 0 aromatic heterocycles. The number of nitrogens with two attached hydrogens (primary N) is 1. The van der Waals surface area contributed by atoms with E-state index in [1.165, 1.54) is 18.6 Å². The number of benzene rings is 1. The average molecular weight is 308 g/mol. The molecule has 1 fully saturated rings. The van der Waals surface area contributed by atoms with Crippen molar-refractivity contribution in [3.05, 3.63) is 34.6 Å². The first kappa shape index (κ1) is 16.7. The molecule has 0 unspecified atom stereocenters. The fourth-order valence-electron chi connectivity index (χ4n) is 2.73. The van der Waals surface area contributed by atoms with Gasteiger partial charge in [-0.25, -0.2) is 4.39 Å². The second-order valence-electron chi connectivity index (χ2n) is 5.12. The van der Waals surface area contributed by atoms with Crippen LogP contribution < -0.4 is 5.73 Å². The molecule has 5 heteroatoms. The molecule has 0 heterocycles. The van der Waals surface area contributed by atoms with Gasteiger partial charge in [-0.1, -0.05) is 30.9 Å². The number of halogens is 3. The van der Waals surface area contributed by atoms with Crippen molar-refractivity contribution in [3.8, 4) is 0 Å². The molecule has 2 atom stereocenters. The van der Waals surface area contributed by atoms with Gasteiger partial charge in [-0.15, -0.1) is 12.4 Å².